The number of aromatic nitrogens is 1. The van der Waals surface area contributed by atoms with Crippen molar-refractivity contribution in [2.24, 2.45) is 5.41 Å². The Balaban J connectivity index is 2.30. The molecule has 0 saturated carbocycles. The first-order valence-electron chi connectivity index (χ1n) is 5.63. The molecule has 0 spiro atoms. The Labute approximate surface area is 96.8 Å². The molecule has 0 bridgehead atoms. The molecule has 3 nitrogen and oxygen atoms in total. The normalized spacial score (nSPS) is 27.6. The van der Waals surface area contributed by atoms with E-state index >= 15 is 0 Å². The van der Waals surface area contributed by atoms with Crippen LogP contribution in [0.15, 0.2) is 24.4 Å². The maximum atomic E-state index is 5.99. The van der Waals surface area contributed by atoms with Gasteiger partial charge in [0.1, 0.15) is 6.10 Å². The molecule has 0 aliphatic carbocycles. The second kappa shape index (κ2) is 3.82. The van der Waals surface area contributed by atoms with Gasteiger partial charge in [-0.15, -0.1) is 0 Å². The van der Waals surface area contributed by atoms with Gasteiger partial charge in [0.15, 0.2) is 5.79 Å². The Morgan fingerprint density at radius 3 is 2.62 bits per heavy atom. The van der Waals surface area contributed by atoms with Gasteiger partial charge in [-0.3, -0.25) is 4.98 Å². The molecule has 1 saturated heterocycles. The Morgan fingerprint density at radius 2 is 2.00 bits per heavy atom. The molecule has 1 aliphatic heterocycles. The van der Waals surface area contributed by atoms with Crippen LogP contribution in [0.1, 0.15) is 39.5 Å². The Kier molecular flexibility index (Phi) is 2.76. The van der Waals surface area contributed by atoms with E-state index in [1.807, 2.05) is 32.0 Å². The second-order valence-corrected chi connectivity index (χ2v) is 5.43. The summed E-state index contributed by atoms with van der Waals surface area (Å²) in [7, 11) is 0. The van der Waals surface area contributed by atoms with Crippen molar-refractivity contribution in [1.82, 2.24) is 4.98 Å². The molecular weight excluding hydrogens is 202 g/mol. The SMILES string of the molecule is CC1(C)OCC(C)(C)[C@@H](c2ccccn2)O1. The molecule has 0 unspecified atom stereocenters. The standard InChI is InChI=1S/C13H19NO2/c1-12(2)9-15-13(3,4)16-11(12)10-7-5-6-8-14-10/h5-8,11H,9H2,1-4H3/t11-/m1/s1. The van der Waals surface area contributed by atoms with Crippen LogP contribution in [0.3, 0.4) is 0 Å². The number of nitrogens with zero attached hydrogens (tertiary/aromatic N) is 1. The Hall–Kier alpha value is -0.930. The minimum Gasteiger partial charge on any atom is -0.350 e. The van der Waals surface area contributed by atoms with Crippen LogP contribution in [-0.2, 0) is 9.47 Å². The quantitative estimate of drug-likeness (QED) is 0.730. The summed E-state index contributed by atoms with van der Waals surface area (Å²) in [4.78, 5) is 4.38. The van der Waals surface area contributed by atoms with E-state index in [0.29, 0.717) is 6.61 Å². The summed E-state index contributed by atoms with van der Waals surface area (Å²) in [5.74, 6) is -0.530. The highest BCUT2D eigenvalue weighted by molar-refractivity contribution is 5.11. The van der Waals surface area contributed by atoms with Gasteiger partial charge in [-0.2, -0.15) is 0 Å². The van der Waals surface area contributed by atoms with Gasteiger partial charge in [-0.25, -0.2) is 0 Å². The third-order valence-electron chi connectivity index (χ3n) is 2.86. The highest BCUT2D eigenvalue weighted by atomic mass is 16.7. The third-order valence-corrected chi connectivity index (χ3v) is 2.86. The van der Waals surface area contributed by atoms with Crippen molar-refractivity contribution in [2.75, 3.05) is 6.61 Å². The summed E-state index contributed by atoms with van der Waals surface area (Å²) in [6.45, 7) is 8.85. The average Bonchev–Trinajstić information content (AvgIpc) is 2.24. The number of rotatable bonds is 1. The molecular formula is C13H19NO2. The van der Waals surface area contributed by atoms with Crippen LogP contribution in [0.5, 0.6) is 0 Å². The van der Waals surface area contributed by atoms with E-state index in [4.69, 9.17) is 9.47 Å². The van der Waals surface area contributed by atoms with Gasteiger partial charge in [-0.05, 0) is 26.0 Å². The number of ether oxygens (including phenoxy) is 2. The number of hydrogen-bond donors (Lipinski definition) is 0. The van der Waals surface area contributed by atoms with E-state index < -0.39 is 5.79 Å². The highest BCUT2D eigenvalue weighted by Gasteiger charge is 2.43. The molecule has 2 heterocycles. The van der Waals surface area contributed by atoms with Gasteiger partial charge >= 0.3 is 0 Å². The molecule has 0 amide bonds. The molecule has 0 N–H and O–H groups in total. The summed E-state index contributed by atoms with van der Waals surface area (Å²) in [6.07, 6.45) is 1.79. The molecule has 2 rings (SSSR count). The van der Waals surface area contributed by atoms with Crippen LogP contribution < -0.4 is 0 Å². The number of hydrogen-bond acceptors (Lipinski definition) is 3. The summed E-state index contributed by atoms with van der Waals surface area (Å²) in [6, 6.07) is 5.92. The zero-order valence-corrected chi connectivity index (χ0v) is 10.4. The van der Waals surface area contributed by atoms with Gasteiger partial charge in [0.2, 0.25) is 0 Å². The van der Waals surface area contributed by atoms with Crippen molar-refractivity contribution < 1.29 is 9.47 Å². The first-order chi connectivity index (χ1) is 7.41. The van der Waals surface area contributed by atoms with Crippen LogP contribution >= 0.6 is 0 Å². The molecule has 88 valence electrons. The fourth-order valence-corrected chi connectivity index (χ4v) is 1.90. The van der Waals surface area contributed by atoms with Gasteiger partial charge in [0.05, 0.1) is 12.3 Å². The smallest absolute Gasteiger partial charge is 0.163 e. The van der Waals surface area contributed by atoms with Gasteiger partial charge in [-0.1, -0.05) is 19.9 Å². The van der Waals surface area contributed by atoms with E-state index in [1.54, 1.807) is 6.20 Å². The van der Waals surface area contributed by atoms with Crippen molar-refractivity contribution in [3.05, 3.63) is 30.1 Å². The monoisotopic (exact) mass is 221 g/mol. The van der Waals surface area contributed by atoms with E-state index in [2.05, 4.69) is 18.8 Å². The van der Waals surface area contributed by atoms with Gasteiger partial charge in [0, 0.05) is 11.6 Å². The van der Waals surface area contributed by atoms with E-state index in [0.717, 1.165) is 5.69 Å². The largest absolute Gasteiger partial charge is 0.350 e. The van der Waals surface area contributed by atoms with Crippen molar-refractivity contribution in [3.63, 3.8) is 0 Å². The maximum Gasteiger partial charge on any atom is 0.163 e. The van der Waals surface area contributed by atoms with Crippen LogP contribution in [0.4, 0.5) is 0 Å². The van der Waals surface area contributed by atoms with Crippen LogP contribution in [0, 0.1) is 5.41 Å². The molecule has 0 radical (unpaired) electrons. The van der Waals surface area contributed by atoms with Crippen LogP contribution in [0.2, 0.25) is 0 Å². The van der Waals surface area contributed by atoms with Crippen LogP contribution in [-0.4, -0.2) is 17.4 Å². The third kappa shape index (κ3) is 2.25. The summed E-state index contributed by atoms with van der Waals surface area (Å²) in [5.41, 5.74) is 0.924. The van der Waals surface area contributed by atoms with E-state index in [1.165, 1.54) is 0 Å². The maximum absolute atomic E-state index is 5.99. The lowest BCUT2D eigenvalue weighted by molar-refractivity contribution is -0.316. The molecule has 0 aromatic carbocycles. The summed E-state index contributed by atoms with van der Waals surface area (Å²) >= 11 is 0. The van der Waals surface area contributed by atoms with Crippen molar-refractivity contribution in [3.8, 4) is 0 Å². The van der Waals surface area contributed by atoms with Crippen molar-refractivity contribution >= 4 is 0 Å². The minimum absolute atomic E-state index is 0.0163. The van der Waals surface area contributed by atoms with Crippen molar-refractivity contribution in [2.45, 2.75) is 39.6 Å². The van der Waals surface area contributed by atoms with Gasteiger partial charge in [0.25, 0.3) is 0 Å². The van der Waals surface area contributed by atoms with Crippen LogP contribution in [0.25, 0.3) is 0 Å². The zero-order valence-electron chi connectivity index (χ0n) is 10.4. The molecule has 1 aromatic rings. The molecule has 16 heavy (non-hydrogen) atoms. The summed E-state index contributed by atoms with van der Waals surface area (Å²) in [5, 5.41) is 0. The fourth-order valence-electron chi connectivity index (χ4n) is 1.90. The summed E-state index contributed by atoms with van der Waals surface area (Å²) < 4.78 is 11.7. The lowest BCUT2D eigenvalue weighted by Crippen LogP contribution is -2.45. The Morgan fingerprint density at radius 1 is 1.25 bits per heavy atom. The first-order valence-corrected chi connectivity index (χ1v) is 5.63. The second-order valence-electron chi connectivity index (χ2n) is 5.43. The van der Waals surface area contributed by atoms with Crippen molar-refractivity contribution in [1.29, 1.82) is 0 Å². The van der Waals surface area contributed by atoms with E-state index in [9.17, 15) is 0 Å². The molecule has 1 fully saturated rings. The lowest BCUT2D eigenvalue weighted by atomic mass is 9.84. The molecule has 1 aliphatic rings. The predicted molar refractivity (Wildman–Crippen MR) is 61.9 cm³/mol. The zero-order chi connectivity index (χ0) is 11.8. The lowest BCUT2D eigenvalue weighted by Gasteiger charge is -2.45. The highest BCUT2D eigenvalue weighted by Crippen LogP contribution is 2.43. The Bertz CT molecular complexity index is 359. The molecule has 1 aromatic heterocycles. The predicted octanol–water partition coefficient (Wildman–Crippen LogP) is 2.93. The number of pyridine rings is 1. The first kappa shape index (κ1) is 11.6. The molecule has 3 heteroatoms. The fraction of sp³-hybridized carbons (Fsp3) is 0.615. The minimum atomic E-state index is -0.530. The average molecular weight is 221 g/mol. The van der Waals surface area contributed by atoms with Gasteiger partial charge < -0.3 is 9.47 Å². The molecule has 1 atom stereocenters. The van der Waals surface area contributed by atoms with E-state index in [-0.39, 0.29) is 11.5 Å². The topological polar surface area (TPSA) is 31.4 Å².